The van der Waals surface area contributed by atoms with Gasteiger partial charge < -0.3 is 15.0 Å². The Morgan fingerprint density at radius 1 is 1.28 bits per heavy atom. The number of ether oxygens (including phenoxy) is 1. The minimum Gasteiger partial charge on any atom is -0.496 e. The third-order valence-corrected chi connectivity index (χ3v) is 3.07. The van der Waals surface area contributed by atoms with Crippen LogP contribution in [0.2, 0.25) is 0 Å². The normalized spacial score (nSPS) is 11.1. The maximum atomic E-state index is 5.45. The summed E-state index contributed by atoms with van der Waals surface area (Å²) < 4.78 is 5.45. The molecule has 0 bridgehead atoms. The monoisotopic (exact) mass is 250 g/mol. The molecule has 0 radical (unpaired) electrons. The smallest absolute Gasteiger partial charge is 0.122 e. The summed E-state index contributed by atoms with van der Waals surface area (Å²) in [6, 6.07) is 4.34. The summed E-state index contributed by atoms with van der Waals surface area (Å²) >= 11 is 0. The van der Waals surface area contributed by atoms with Gasteiger partial charge in [0.05, 0.1) is 7.11 Å². The van der Waals surface area contributed by atoms with Crippen LogP contribution in [0.15, 0.2) is 12.1 Å². The maximum absolute atomic E-state index is 5.45. The van der Waals surface area contributed by atoms with Crippen LogP contribution in [-0.2, 0) is 0 Å². The second-order valence-corrected chi connectivity index (χ2v) is 5.29. The molecule has 0 aliphatic heterocycles. The van der Waals surface area contributed by atoms with Crippen molar-refractivity contribution >= 4 is 5.69 Å². The lowest BCUT2D eigenvalue weighted by molar-refractivity contribution is 0.407. The van der Waals surface area contributed by atoms with Gasteiger partial charge in [-0.15, -0.1) is 0 Å². The van der Waals surface area contributed by atoms with Crippen LogP contribution in [0.25, 0.3) is 0 Å². The first-order chi connectivity index (χ1) is 8.45. The molecule has 1 aromatic carbocycles. The molecule has 0 saturated carbocycles. The van der Waals surface area contributed by atoms with Gasteiger partial charge >= 0.3 is 0 Å². The predicted molar refractivity (Wildman–Crippen MR) is 78.9 cm³/mol. The van der Waals surface area contributed by atoms with E-state index in [4.69, 9.17) is 4.74 Å². The highest BCUT2D eigenvalue weighted by Gasteiger charge is 2.10. The van der Waals surface area contributed by atoms with E-state index in [1.807, 2.05) is 0 Å². The van der Waals surface area contributed by atoms with E-state index in [1.165, 1.54) is 16.8 Å². The molecule has 3 heteroatoms. The SMILES string of the molecule is COc1cc(C)c(NCCN(C)C)cc1C(C)C. The van der Waals surface area contributed by atoms with Crippen LogP contribution < -0.4 is 10.1 Å². The Morgan fingerprint density at radius 3 is 2.44 bits per heavy atom. The molecule has 0 aliphatic carbocycles. The lowest BCUT2D eigenvalue weighted by atomic mass is 9.99. The van der Waals surface area contributed by atoms with Gasteiger partial charge in [-0.25, -0.2) is 0 Å². The highest BCUT2D eigenvalue weighted by atomic mass is 16.5. The Kier molecular flexibility index (Phi) is 5.48. The van der Waals surface area contributed by atoms with Crippen molar-refractivity contribution in [3.8, 4) is 5.75 Å². The molecule has 1 aromatic rings. The average Bonchev–Trinajstić information content (AvgIpc) is 2.29. The van der Waals surface area contributed by atoms with Gasteiger partial charge in [-0.2, -0.15) is 0 Å². The summed E-state index contributed by atoms with van der Waals surface area (Å²) in [5.41, 5.74) is 3.70. The zero-order valence-corrected chi connectivity index (χ0v) is 12.5. The minimum atomic E-state index is 0.468. The summed E-state index contributed by atoms with van der Waals surface area (Å²) in [4.78, 5) is 2.18. The third-order valence-electron chi connectivity index (χ3n) is 3.07. The number of anilines is 1. The number of nitrogens with one attached hydrogen (secondary N) is 1. The van der Waals surface area contributed by atoms with E-state index in [2.05, 4.69) is 57.2 Å². The number of likely N-dealkylation sites (N-methyl/N-ethyl adjacent to an activating group) is 1. The van der Waals surface area contributed by atoms with Crippen molar-refractivity contribution in [2.24, 2.45) is 0 Å². The lowest BCUT2D eigenvalue weighted by Crippen LogP contribution is -2.21. The van der Waals surface area contributed by atoms with Crippen LogP contribution in [0.3, 0.4) is 0 Å². The van der Waals surface area contributed by atoms with Crippen LogP contribution in [0, 0.1) is 6.92 Å². The number of benzene rings is 1. The van der Waals surface area contributed by atoms with Gasteiger partial charge in [-0.3, -0.25) is 0 Å². The molecule has 0 atom stereocenters. The van der Waals surface area contributed by atoms with Gasteiger partial charge in [-0.05, 0) is 50.2 Å². The van der Waals surface area contributed by atoms with Gasteiger partial charge in [0.15, 0.2) is 0 Å². The molecule has 0 saturated heterocycles. The fourth-order valence-electron chi connectivity index (χ4n) is 1.93. The van der Waals surface area contributed by atoms with Gasteiger partial charge in [0.1, 0.15) is 5.75 Å². The number of nitrogens with zero attached hydrogens (tertiary/aromatic N) is 1. The molecule has 0 aromatic heterocycles. The topological polar surface area (TPSA) is 24.5 Å². The molecule has 18 heavy (non-hydrogen) atoms. The molecule has 0 amide bonds. The van der Waals surface area contributed by atoms with Crippen LogP contribution in [0.5, 0.6) is 5.75 Å². The zero-order chi connectivity index (χ0) is 13.7. The molecular formula is C15H26N2O. The number of hydrogen-bond donors (Lipinski definition) is 1. The van der Waals surface area contributed by atoms with E-state index in [0.717, 1.165) is 18.8 Å². The number of rotatable bonds is 6. The van der Waals surface area contributed by atoms with E-state index >= 15 is 0 Å². The number of aryl methyl sites for hydroxylation is 1. The molecule has 1 N–H and O–H groups in total. The van der Waals surface area contributed by atoms with E-state index in [-0.39, 0.29) is 0 Å². The van der Waals surface area contributed by atoms with Crippen LogP contribution in [0.4, 0.5) is 5.69 Å². The molecule has 102 valence electrons. The summed E-state index contributed by atoms with van der Waals surface area (Å²) in [7, 11) is 5.91. The van der Waals surface area contributed by atoms with Gasteiger partial charge in [-0.1, -0.05) is 13.8 Å². The van der Waals surface area contributed by atoms with Crippen LogP contribution in [-0.4, -0.2) is 39.2 Å². The zero-order valence-electron chi connectivity index (χ0n) is 12.5. The highest BCUT2D eigenvalue weighted by Crippen LogP contribution is 2.31. The molecule has 0 aliphatic rings. The first-order valence-corrected chi connectivity index (χ1v) is 6.52. The molecule has 0 unspecified atom stereocenters. The molecule has 3 nitrogen and oxygen atoms in total. The lowest BCUT2D eigenvalue weighted by Gasteiger charge is -2.18. The summed E-state index contributed by atoms with van der Waals surface area (Å²) in [5, 5.41) is 3.49. The largest absolute Gasteiger partial charge is 0.496 e. The first kappa shape index (κ1) is 14.8. The van der Waals surface area contributed by atoms with Gasteiger partial charge in [0.25, 0.3) is 0 Å². The molecule has 0 spiro atoms. The molecule has 1 rings (SSSR count). The Balaban J connectivity index is 2.88. The van der Waals surface area contributed by atoms with E-state index < -0.39 is 0 Å². The van der Waals surface area contributed by atoms with Crippen LogP contribution in [0.1, 0.15) is 30.9 Å². The standard InChI is InChI=1S/C15H26N2O/c1-11(2)13-10-14(16-7-8-17(4)5)12(3)9-15(13)18-6/h9-11,16H,7-8H2,1-6H3. The third kappa shape index (κ3) is 3.91. The quantitative estimate of drug-likeness (QED) is 0.839. The van der Waals surface area contributed by atoms with Crippen molar-refractivity contribution in [1.29, 1.82) is 0 Å². The van der Waals surface area contributed by atoms with Crippen molar-refractivity contribution in [2.45, 2.75) is 26.7 Å². The predicted octanol–water partition coefficient (Wildman–Crippen LogP) is 3.10. The molecule has 0 heterocycles. The number of methoxy groups -OCH3 is 1. The Morgan fingerprint density at radius 2 is 1.94 bits per heavy atom. The Labute approximate surface area is 111 Å². The van der Waals surface area contributed by atoms with Crippen molar-refractivity contribution < 1.29 is 4.74 Å². The first-order valence-electron chi connectivity index (χ1n) is 6.52. The summed E-state index contributed by atoms with van der Waals surface area (Å²) in [6.07, 6.45) is 0. The second kappa shape index (κ2) is 6.64. The van der Waals surface area contributed by atoms with E-state index in [0.29, 0.717) is 5.92 Å². The second-order valence-electron chi connectivity index (χ2n) is 5.29. The average molecular weight is 250 g/mol. The Hall–Kier alpha value is -1.22. The van der Waals surface area contributed by atoms with E-state index in [9.17, 15) is 0 Å². The Bertz CT molecular complexity index is 386. The van der Waals surface area contributed by atoms with Crippen LogP contribution >= 0.6 is 0 Å². The van der Waals surface area contributed by atoms with Gasteiger partial charge in [0.2, 0.25) is 0 Å². The minimum absolute atomic E-state index is 0.468. The fraction of sp³-hybridized carbons (Fsp3) is 0.600. The molecule has 0 fully saturated rings. The van der Waals surface area contributed by atoms with Crippen molar-refractivity contribution in [3.63, 3.8) is 0 Å². The molecular weight excluding hydrogens is 224 g/mol. The highest BCUT2D eigenvalue weighted by molar-refractivity contribution is 5.58. The summed E-state index contributed by atoms with van der Waals surface area (Å²) in [5.74, 6) is 1.45. The summed E-state index contributed by atoms with van der Waals surface area (Å²) in [6.45, 7) is 8.48. The van der Waals surface area contributed by atoms with Gasteiger partial charge in [0, 0.05) is 18.8 Å². The fourth-order valence-corrected chi connectivity index (χ4v) is 1.93. The van der Waals surface area contributed by atoms with Crippen molar-refractivity contribution in [3.05, 3.63) is 23.3 Å². The van der Waals surface area contributed by atoms with Crippen molar-refractivity contribution in [1.82, 2.24) is 4.90 Å². The number of hydrogen-bond acceptors (Lipinski definition) is 3. The van der Waals surface area contributed by atoms with E-state index in [1.54, 1.807) is 7.11 Å². The van der Waals surface area contributed by atoms with Crippen molar-refractivity contribution in [2.75, 3.05) is 39.6 Å². The maximum Gasteiger partial charge on any atom is 0.122 e.